The number of methoxy groups -OCH3 is 1. The molecule has 120 valence electrons. The van der Waals surface area contributed by atoms with Crippen LogP contribution in [0.2, 0.25) is 0 Å². The summed E-state index contributed by atoms with van der Waals surface area (Å²) in [5, 5.41) is 3.98. The molecule has 0 aromatic heterocycles. The molecule has 0 saturated heterocycles. The summed E-state index contributed by atoms with van der Waals surface area (Å²) >= 11 is 0. The summed E-state index contributed by atoms with van der Waals surface area (Å²) in [7, 11) is 1.62. The number of benzene rings is 2. The Kier molecular flexibility index (Phi) is 5.16. The Morgan fingerprint density at radius 3 is 2.17 bits per heavy atom. The van der Waals surface area contributed by atoms with Gasteiger partial charge in [0.05, 0.1) is 13.3 Å². The Morgan fingerprint density at radius 2 is 1.65 bits per heavy atom. The Hall–Kier alpha value is -2.62. The molecule has 0 aliphatic carbocycles. The van der Waals surface area contributed by atoms with Crippen LogP contribution in [0.25, 0.3) is 0 Å². The number of ether oxygens (including phenoxy) is 1. The number of nitrogens with one attached hydrogen (secondary N) is 1. The van der Waals surface area contributed by atoms with Crippen LogP contribution in [-0.2, 0) is 5.41 Å². The van der Waals surface area contributed by atoms with Crippen LogP contribution in [0.15, 0.2) is 53.6 Å². The van der Waals surface area contributed by atoms with E-state index < -0.39 is 0 Å². The van der Waals surface area contributed by atoms with Crippen molar-refractivity contribution < 1.29 is 9.53 Å². The van der Waals surface area contributed by atoms with Gasteiger partial charge in [0, 0.05) is 5.56 Å². The lowest BCUT2D eigenvalue weighted by molar-refractivity contribution is 0.0955. The molecule has 0 unspecified atom stereocenters. The van der Waals surface area contributed by atoms with Gasteiger partial charge in [-0.3, -0.25) is 4.79 Å². The molecule has 1 amide bonds. The van der Waals surface area contributed by atoms with Crippen LogP contribution in [0.3, 0.4) is 0 Å². The van der Waals surface area contributed by atoms with Crippen LogP contribution >= 0.6 is 0 Å². The van der Waals surface area contributed by atoms with E-state index in [1.54, 1.807) is 13.3 Å². The van der Waals surface area contributed by atoms with E-state index in [4.69, 9.17) is 4.74 Å². The maximum atomic E-state index is 12.1. The van der Waals surface area contributed by atoms with Crippen LogP contribution in [-0.4, -0.2) is 19.2 Å². The third kappa shape index (κ3) is 4.68. The van der Waals surface area contributed by atoms with Crippen molar-refractivity contribution in [2.24, 2.45) is 5.10 Å². The maximum Gasteiger partial charge on any atom is 0.271 e. The SMILES string of the molecule is COc1ccc(/C=N/NC(=O)c2ccc(C(C)(C)C)cc2)cc1. The average molecular weight is 310 g/mol. The van der Waals surface area contributed by atoms with Gasteiger partial charge >= 0.3 is 0 Å². The van der Waals surface area contributed by atoms with Crippen molar-refractivity contribution in [1.82, 2.24) is 5.43 Å². The fourth-order valence-corrected chi connectivity index (χ4v) is 2.04. The lowest BCUT2D eigenvalue weighted by Crippen LogP contribution is -2.18. The van der Waals surface area contributed by atoms with Crippen LogP contribution in [0.4, 0.5) is 0 Å². The third-order valence-electron chi connectivity index (χ3n) is 3.51. The fraction of sp³-hybridized carbons (Fsp3) is 0.263. The lowest BCUT2D eigenvalue weighted by atomic mass is 9.87. The minimum Gasteiger partial charge on any atom is -0.497 e. The number of hydrazone groups is 1. The number of hydrogen-bond donors (Lipinski definition) is 1. The molecule has 0 heterocycles. The molecule has 4 heteroatoms. The van der Waals surface area contributed by atoms with Crippen molar-refractivity contribution in [3.63, 3.8) is 0 Å². The predicted molar refractivity (Wildman–Crippen MR) is 93.2 cm³/mol. The largest absolute Gasteiger partial charge is 0.497 e. The quantitative estimate of drug-likeness (QED) is 0.690. The molecule has 0 spiro atoms. The molecule has 0 fully saturated rings. The van der Waals surface area contributed by atoms with E-state index in [0.29, 0.717) is 5.56 Å². The molecule has 2 aromatic carbocycles. The first-order valence-electron chi connectivity index (χ1n) is 7.48. The molecule has 0 radical (unpaired) electrons. The average Bonchev–Trinajstić information content (AvgIpc) is 2.54. The van der Waals surface area contributed by atoms with Gasteiger partial charge in [-0.25, -0.2) is 5.43 Å². The smallest absolute Gasteiger partial charge is 0.271 e. The Bertz CT molecular complexity index is 681. The first-order chi connectivity index (χ1) is 10.9. The summed E-state index contributed by atoms with van der Waals surface area (Å²) in [6.45, 7) is 6.42. The summed E-state index contributed by atoms with van der Waals surface area (Å²) in [6, 6.07) is 15.0. The number of carbonyl (C=O) groups is 1. The number of carbonyl (C=O) groups excluding carboxylic acids is 1. The van der Waals surface area contributed by atoms with Crippen molar-refractivity contribution in [3.8, 4) is 5.75 Å². The third-order valence-corrected chi connectivity index (χ3v) is 3.51. The van der Waals surface area contributed by atoms with Gasteiger partial charge < -0.3 is 4.74 Å². The zero-order valence-electron chi connectivity index (χ0n) is 14.0. The molecule has 0 atom stereocenters. The molecule has 0 aliphatic rings. The lowest BCUT2D eigenvalue weighted by Gasteiger charge is -2.18. The van der Waals surface area contributed by atoms with Gasteiger partial charge in [0.15, 0.2) is 0 Å². The Labute approximate surface area is 137 Å². The molecule has 0 saturated carbocycles. The van der Waals surface area contributed by atoms with Crippen LogP contribution in [0, 0.1) is 0 Å². The van der Waals surface area contributed by atoms with E-state index in [2.05, 4.69) is 31.3 Å². The number of hydrogen-bond acceptors (Lipinski definition) is 3. The second-order valence-corrected chi connectivity index (χ2v) is 6.30. The first-order valence-corrected chi connectivity index (χ1v) is 7.48. The minimum atomic E-state index is -0.227. The molecular weight excluding hydrogens is 288 g/mol. The monoisotopic (exact) mass is 310 g/mol. The highest BCUT2D eigenvalue weighted by Gasteiger charge is 2.14. The van der Waals surface area contributed by atoms with E-state index >= 15 is 0 Å². The van der Waals surface area contributed by atoms with Crippen molar-refractivity contribution in [1.29, 1.82) is 0 Å². The molecular formula is C19H22N2O2. The molecule has 1 N–H and O–H groups in total. The van der Waals surface area contributed by atoms with Crippen molar-refractivity contribution >= 4 is 12.1 Å². The van der Waals surface area contributed by atoms with E-state index in [1.807, 2.05) is 48.5 Å². The second kappa shape index (κ2) is 7.09. The van der Waals surface area contributed by atoms with Gasteiger partial charge in [-0.05, 0) is 52.9 Å². The fourth-order valence-electron chi connectivity index (χ4n) is 2.04. The minimum absolute atomic E-state index is 0.0710. The van der Waals surface area contributed by atoms with E-state index in [9.17, 15) is 4.79 Å². The zero-order chi connectivity index (χ0) is 16.9. The maximum absolute atomic E-state index is 12.1. The molecule has 4 nitrogen and oxygen atoms in total. The highest BCUT2D eigenvalue weighted by molar-refractivity contribution is 5.94. The summed E-state index contributed by atoms with van der Waals surface area (Å²) in [5.74, 6) is 0.556. The van der Waals surface area contributed by atoms with Crippen molar-refractivity contribution in [3.05, 3.63) is 65.2 Å². The summed E-state index contributed by atoms with van der Waals surface area (Å²) in [5.41, 5.74) is 5.27. The zero-order valence-corrected chi connectivity index (χ0v) is 14.0. The Morgan fingerprint density at radius 1 is 1.04 bits per heavy atom. The van der Waals surface area contributed by atoms with Crippen LogP contribution in [0.1, 0.15) is 42.3 Å². The summed E-state index contributed by atoms with van der Waals surface area (Å²) in [4.78, 5) is 12.1. The van der Waals surface area contributed by atoms with Gasteiger partial charge in [0.25, 0.3) is 5.91 Å². The van der Waals surface area contributed by atoms with Gasteiger partial charge in [0.1, 0.15) is 5.75 Å². The number of rotatable bonds is 4. The molecule has 0 bridgehead atoms. The van der Waals surface area contributed by atoms with Gasteiger partial charge in [-0.15, -0.1) is 0 Å². The van der Waals surface area contributed by atoms with Crippen molar-refractivity contribution in [2.75, 3.05) is 7.11 Å². The van der Waals surface area contributed by atoms with Crippen LogP contribution < -0.4 is 10.2 Å². The highest BCUT2D eigenvalue weighted by atomic mass is 16.5. The van der Waals surface area contributed by atoms with Crippen LogP contribution in [0.5, 0.6) is 5.75 Å². The predicted octanol–water partition coefficient (Wildman–Crippen LogP) is 3.76. The van der Waals surface area contributed by atoms with E-state index in [1.165, 1.54) is 5.56 Å². The highest BCUT2D eigenvalue weighted by Crippen LogP contribution is 2.22. The normalized spacial score (nSPS) is 11.5. The topological polar surface area (TPSA) is 50.7 Å². The number of nitrogens with zero attached hydrogens (tertiary/aromatic N) is 1. The van der Waals surface area contributed by atoms with Crippen molar-refractivity contribution in [2.45, 2.75) is 26.2 Å². The molecule has 0 aliphatic heterocycles. The summed E-state index contributed by atoms with van der Waals surface area (Å²) < 4.78 is 5.09. The van der Waals surface area contributed by atoms with E-state index in [0.717, 1.165) is 11.3 Å². The van der Waals surface area contributed by atoms with E-state index in [-0.39, 0.29) is 11.3 Å². The van der Waals surface area contributed by atoms with Gasteiger partial charge in [-0.1, -0.05) is 32.9 Å². The van der Waals surface area contributed by atoms with Gasteiger partial charge in [0.2, 0.25) is 0 Å². The Balaban J connectivity index is 1.97. The molecule has 2 aromatic rings. The molecule has 2 rings (SSSR count). The van der Waals surface area contributed by atoms with Gasteiger partial charge in [-0.2, -0.15) is 5.10 Å². The first kappa shape index (κ1) is 16.7. The summed E-state index contributed by atoms with van der Waals surface area (Å²) in [6.07, 6.45) is 1.60. The number of amides is 1. The molecule has 23 heavy (non-hydrogen) atoms. The second-order valence-electron chi connectivity index (χ2n) is 6.30. The standard InChI is InChI=1S/C19H22N2O2/c1-19(2,3)16-9-7-15(8-10-16)18(22)21-20-13-14-5-11-17(23-4)12-6-14/h5-13H,1-4H3,(H,21,22)/b20-13+.